The van der Waals surface area contributed by atoms with Gasteiger partial charge in [-0.2, -0.15) is 0 Å². The Balaban J connectivity index is 2.48. The Kier molecular flexibility index (Phi) is 4.66. The molecule has 2 nitrogen and oxygen atoms in total. The van der Waals surface area contributed by atoms with Gasteiger partial charge in [-0.05, 0) is 19.1 Å². The molecule has 0 aliphatic heterocycles. The molecular formula is C10H14Cl2N2. The highest BCUT2D eigenvalue weighted by molar-refractivity contribution is 6.22. The van der Waals surface area contributed by atoms with Crippen LogP contribution in [0, 0.1) is 0 Å². The van der Waals surface area contributed by atoms with E-state index in [2.05, 4.69) is 10.3 Å². The largest absolute Gasteiger partial charge is 0.304 e. The molecule has 0 fully saturated rings. The number of alkyl halides is 2. The van der Waals surface area contributed by atoms with Gasteiger partial charge in [0, 0.05) is 30.0 Å². The summed E-state index contributed by atoms with van der Waals surface area (Å²) in [5.41, 5.74) is 0.773. The molecule has 0 aliphatic carbocycles. The maximum Gasteiger partial charge on any atom is 0.0541 e. The second-order valence-corrected chi connectivity index (χ2v) is 4.04. The third-order valence-corrected chi connectivity index (χ3v) is 3.19. The molecule has 0 aromatic carbocycles. The van der Waals surface area contributed by atoms with Gasteiger partial charge in [0.1, 0.15) is 0 Å². The predicted octanol–water partition coefficient (Wildman–Crippen LogP) is 2.41. The molecule has 1 aromatic rings. The van der Waals surface area contributed by atoms with E-state index < -0.39 is 0 Å². The summed E-state index contributed by atoms with van der Waals surface area (Å²) in [6, 6.07) is 5.82. The highest BCUT2D eigenvalue weighted by Crippen LogP contribution is 2.09. The topological polar surface area (TPSA) is 24.9 Å². The number of nitrogens with zero attached hydrogens (tertiary/aromatic N) is 1. The van der Waals surface area contributed by atoms with Crippen molar-refractivity contribution >= 4 is 23.2 Å². The number of rotatable bonds is 5. The van der Waals surface area contributed by atoms with E-state index in [0.717, 1.165) is 5.69 Å². The van der Waals surface area contributed by atoms with E-state index in [4.69, 9.17) is 23.2 Å². The first-order valence-corrected chi connectivity index (χ1v) is 5.54. The molecule has 0 saturated carbocycles. The van der Waals surface area contributed by atoms with Gasteiger partial charge in [-0.15, -0.1) is 23.2 Å². The number of pyridine rings is 1. The Morgan fingerprint density at radius 1 is 1.36 bits per heavy atom. The Bertz CT molecular complexity index is 260. The zero-order chi connectivity index (χ0) is 10.4. The van der Waals surface area contributed by atoms with Crippen LogP contribution in [0.2, 0.25) is 0 Å². The first-order valence-electron chi connectivity index (χ1n) is 4.47. The van der Waals surface area contributed by atoms with Crippen LogP contribution in [-0.2, 0) is 6.54 Å². The Labute approximate surface area is 94.6 Å². The number of hydrogen-bond donors (Lipinski definition) is 1. The normalized spacial score (nSPS) is 11.6. The Morgan fingerprint density at radius 3 is 2.57 bits per heavy atom. The summed E-state index contributed by atoms with van der Waals surface area (Å²) in [4.78, 5) is 4.20. The molecule has 0 atom stereocenters. The summed E-state index contributed by atoms with van der Waals surface area (Å²) in [5, 5.41) is 3.29. The van der Waals surface area contributed by atoms with E-state index in [9.17, 15) is 0 Å². The molecular weight excluding hydrogens is 219 g/mol. The Hall–Kier alpha value is -0.310. The first-order chi connectivity index (χ1) is 6.70. The van der Waals surface area contributed by atoms with E-state index in [0.29, 0.717) is 18.3 Å². The highest BCUT2D eigenvalue weighted by atomic mass is 35.5. The van der Waals surface area contributed by atoms with Crippen molar-refractivity contribution in [2.75, 3.05) is 11.8 Å². The second-order valence-electron chi connectivity index (χ2n) is 3.50. The van der Waals surface area contributed by atoms with E-state index in [-0.39, 0.29) is 5.54 Å². The van der Waals surface area contributed by atoms with Crippen LogP contribution in [0.5, 0.6) is 0 Å². The van der Waals surface area contributed by atoms with Crippen LogP contribution in [-0.4, -0.2) is 22.3 Å². The fourth-order valence-electron chi connectivity index (χ4n) is 0.937. The van der Waals surface area contributed by atoms with Gasteiger partial charge in [0.15, 0.2) is 0 Å². The lowest BCUT2D eigenvalue weighted by Gasteiger charge is -2.25. The zero-order valence-electron chi connectivity index (χ0n) is 8.13. The van der Waals surface area contributed by atoms with Crippen LogP contribution in [0.15, 0.2) is 24.4 Å². The van der Waals surface area contributed by atoms with Gasteiger partial charge in [-0.3, -0.25) is 4.98 Å². The second kappa shape index (κ2) is 5.54. The fourth-order valence-corrected chi connectivity index (χ4v) is 1.41. The summed E-state index contributed by atoms with van der Waals surface area (Å²) in [5.74, 6) is 0.979. The van der Waals surface area contributed by atoms with Crippen molar-refractivity contribution in [1.29, 1.82) is 0 Å². The molecule has 0 amide bonds. The maximum absolute atomic E-state index is 5.81. The van der Waals surface area contributed by atoms with Crippen molar-refractivity contribution in [2.45, 2.75) is 19.0 Å². The third-order valence-electron chi connectivity index (χ3n) is 2.01. The summed E-state index contributed by atoms with van der Waals surface area (Å²) in [6.45, 7) is 2.69. The highest BCUT2D eigenvalue weighted by Gasteiger charge is 2.20. The molecule has 1 aromatic heterocycles. The van der Waals surface area contributed by atoms with Gasteiger partial charge in [0.05, 0.1) is 5.69 Å². The lowest BCUT2D eigenvalue weighted by Crippen LogP contribution is -2.45. The van der Waals surface area contributed by atoms with Crippen LogP contribution in [0.4, 0.5) is 0 Å². The molecule has 0 radical (unpaired) electrons. The summed E-state index contributed by atoms with van der Waals surface area (Å²) in [6.07, 6.45) is 1.77. The van der Waals surface area contributed by atoms with Gasteiger partial charge in [0.25, 0.3) is 0 Å². The lowest BCUT2D eigenvalue weighted by atomic mass is 10.1. The quantitative estimate of drug-likeness (QED) is 0.790. The molecule has 1 rings (SSSR count). The molecule has 0 aliphatic rings. The lowest BCUT2D eigenvalue weighted by molar-refractivity contribution is 0.432. The molecule has 14 heavy (non-hydrogen) atoms. The van der Waals surface area contributed by atoms with E-state index in [1.807, 2.05) is 25.1 Å². The van der Waals surface area contributed by atoms with Crippen LogP contribution in [0.1, 0.15) is 12.6 Å². The van der Waals surface area contributed by atoms with E-state index >= 15 is 0 Å². The molecule has 4 heteroatoms. The van der Waals surface area contributed by atoms with Crippen LogP contribution >= 0.6 is 23.2 Å². The van der Waals surface area contributed by atoms with Crippen molar-refractivity contribution in [2.24, 2.45) is 0 Å². The number of aromatic nitrogens is 1. The maximum atomic E-state index is 5.81. The minimum absolute atomic E-state index is 0.222. The SMILES string of the molecule is CC(CCl)(CCl)NCc1ccccn1. The minimum atomic E-state index is -0.222. The smallest absolute Gasteiger partial charge is 0.0541 e. The predicted molar refractivity (Wildman–Crippen MR) is 60.9 cm³/mol. The number of halogens is 2. The average molecular weight is 233 g/mol. The van der Waals surface area contributed by atoms with Gasteiger partial charge in [-0.25, -0.2) is 0 Å². The average Bonchev–Trinajstić information content (AvgIpc) is 2.27. The zero-order valence-corrected chi connectivity index (χ0v) is 9.65. The fraction of sp³-hybridized carbons (Fsp3) is 0.500. The molecule has 78 valence electrons. The summed E-state index contributed by atoms with van der Waals surface area (Å²) >= 11 is 11.6. The standard InChI is InChI=1S/C10H14Cl2N2/c1-10(7-11,8-12)14-6-9-4-2-3-5-13-9/h2-5,14H,6-8H2,1H3. The van der Waals surface area contributed by atoms with Gasteiger partial charge < -0.3 is 5.32 Å². The van der Waals surface area contributed by atoms with E-state index in [1.165, 1.54) is 0 Å². The van der Waals surface area contributed by atoms with Crippen molar-refractivity contribution in [3.63, 3.8) is 0 Å². The summed E-state index contributed by atoms with van der Waals surface area (Å²) in [7, 11) is 0. The van der Waals surface area contributed by atoms with Gasteiger partial charge in [-0.1, -0.05) is 6.07 Å². The molecule has 0 unspecified atom stereocenters. The van der Waals surface area contributed by atoms with E-state index in [1.54, 1.807) is 6.20 Å². The summed E-state index contributed by atoms with van der Waals surface area (Å²) < 4.78 is 0. The first kappa shape index (κ1) is 11.8. The van der Waals surface area contributed by atoms with Crippen molar-refractivity contribution < 1.29 is 0 Å². The van der Waals surface area contributed by atoms with Crippen LogP contribution in [0.3, 0.4) is 0 Å². The molecule has 0 bridgehead atoms. The monoisotopic (exact) mass is 232 g/mol. The Morgan fingerprint density at radius 2 is 2.07 bits per heavy atom. The molecule has 1 heterocycles. The molecule has 0 spiro atoms. The molecule has 1 N–H and O–H groups in total. The minimum Gasteiger partial charge on any atom is -0.304 e. The van der Waals surface area contributed by atoms with Crippen LogP contribution in [0.25, 0.3) is 0 Å². The third kappa shape index (κ3) is 3.45. The van der Waals surface area contributed by atoms with Crippen LogP contribution < -0.4 is 5.32 Å². The molecule has 0 saturated heterocycles. The van der Waals surface area contributed by atoms with Gasteiger partial charge in [0.2, 0.25) is 0 Å². The van der Waals surface area contributed by atoms with Gasteiger partial charge >= 0.3 is 0 Å². The number of hydrogen-bond acceptors (Lipinski definition) is 2. The van der Waals surface area contributed by atoms with Crippen molar-refractivity contribution in [3.8, 4) is 0 Å². The number of nitrogens with one attached hydrogen (secondary N) is 1. The van der Waals surface area contributed by atoms with Crippen molar-refractivity contribution in [3.05, 3.63) is 30.1 Å². The van der Waals surface area contributed by atoms with Crippen molar-refractivity contribution in [1.82, 2.24) is 10.3 Å².